The SMILES string of the molecule is O=C(O)CSc1nc2cccnc2n1Cc1cscn1. The lowest BCUT2D eigenvalue weighted by Crippen LogP contribution is -2.05. The minimum absolute atomic E-state index is 0.0274. The lowest BCUT2D eigenvalue weighted by atomic mass is 10.4. The van der Waals surface area contributed by atoms with Crippen LogP contribution in [0.25, 0.3) is 11.2 Å². The second-order valence-electron chi connectivity index (χ2n) is 3.99. The Morgan fingerprint density at radius 2 is 2.35 bits per heavy atom. The van der Waals surface area contributed by atoms with Crippen LogP contribution in [0.2, 0.25) is 0 Å². The normalized spacial score (nSPS) is 11.0. The zero-order chi connectivity index (χ0) is 13.9. The van der Waals surface area contributed by atoms with Crippen LogP contribution in [0.4, 0.5) is 0 Å². The molecular weight excluding hydrogens is 296 g/mol. The van der Waals surface area contributed by atoms with Crippen molar-refractivity contribution in [3.8, 4) is 0 Å². The summed E-state index contributed by atoms with van der Waals surface area (Å²) in [6, 6.07) is 3.68. The maximum atomic E-state index is 10.7. The number of hydrogen-bond acceptors (Lipinski definition) is 6. The van der Waals surface area contributed by atoms with Crippen LogP contribution >= 0.6 is 23.1 Å². The van der Waals surface area contributed by atoms with Crippen molar-refractivity contribution >= 4 is 40.2 Å². The van der Waals surface area contributed by atoms with Crippen molar-refractivity contribution in [1.82, 2.24) is 19.5 Å². The number of carbonyl (C=O) groups is 1. The molecule has 20 heavy (non-hydrogen) atoms. The zero-order valence-electron chi connectivity index (χ0n) is 10.3. The van der Waals surface area contributed by atoms with Gasteiger partial charge in [0.1, 0.15) is 5.52 Å². The van der Waals surface area contributed by atoms with Gasteiger partial charge < -0.3 is 5.11 Å². The Balaban J connectivity index is 2.01. The fourth-order valence-corrected chi connectivity index (χ4v) is 3.07. The van der Waals surface area contributed by atoms with Crippen LogP contribution in [0.5, 0.6) is 0 Å². The minimum Gasteiger partial charge on any atom is -0.481 e. The Morgan fingerprint density at radius 3 is 3.10 bits per heavy atom. The van der Waals surface area contributed by atoms with Gasteiger partial charge in [-0.3, -0.25) is 9.36 Å². The van der Waals surface area contributed by atoms with E-state index in [1.165, 1.54) is 23.1 Å². The number of thiazole rings is 1. The van der Waals surface area contributed by atoms with Crippen molar-refractivity contribution in [1.29, 1.82) is 0 Å². The van der Waals surface area contributed by atoms with E-state index in [0.29, 0.717) is 11.7 Å². The molecule has 1 N–H and O–H groups in total. The van der Waals surface area contributed by atoms with E-state index >= 15 is 0 Å². The van der Waals surface area contributed by atoms with Crippen molar-refractivity contribution in [2.24, 2.45) is 0 Å². The molecule has 0 atom stereocenters. The molecule has 0 unspecified atom stereocenters. The highest BCUT2D eigenvalue weighted by molar-refractivity contribution is 7.99. The third-order valence-electron chi connectivity index (χ3n) is 2.60. The molecule has 0 saturated heterocycles. The third-order valence-corrected chi connectivity index (χ3v) is 4.19. The van der Waals surface area contributed by atoms with Crippen LogP contribution in [-0.4, -0.2) is 36.3 Å². The first kappa shape index (κ1) is 13.1. The molecule has 0 aliphatic heterocycles. The Hall–Kier alpha value is -1.93. The molecule has 0 amide bonds. The zero-order valence-corrected chi connectivity index (χ0v) is 11.9. The number of aromatic nitrogens is 4. The molecule has 0 aliphatic carbocycles. The van der Waals surface area contributed by atoms with E-state index in [9.17, 15) is 4.79 Å². The monoisotopic (exact) mass is 306 g/mol. The number of thioether (sulfide) groups is 1. The molecule has 0 bridgehead atoms. The van der Waals surface area contributed by atoms with Gasteiger partial charge in [-0.15, -0.1) is 11.3 Å². The van der Waals surface area contributed by atoms with Crippen molar-refractivity contribution in [3.63, 3.8) is 0 Å². The smallest absolute Gasteiger partial charge is 0.313 e. The van der Waals surface area contributed by atoms with E-state index in [0.717, 1.165) is 16.9 Å². The van der Waals surface area contributed by atoms with Gasteiger partial charge in [0, 0.05) is 11.6 Å². The second-order valence-corrected chi connectivity index (χ2v) is 5.65. The molecular formula is C12H10N4O2S2. The molecule has 0 aliphatic rings. The topological polar surface area (TPSA) is 80.9 Å². The number of aliphatic carboxylic acids is 1. The van der Waals surface area contributed by atoms with Gasteiger partial charge in [0.2, 0.25) is 0 Å². The number of pyridine rings is 1. The van der Waals surface area contributed by atoms with Crippen molar-refractivity contribution in [2.75, 3.05) is 5.75 Å². The third kappa shape index (κ3) is 2.66. The van der Waals surface area contributed by atoms with Crippen molar-refractivity contribution in [2.45, 2.75) is 11.7 Å². The summed E-state index contributed by atoms with van der Waals surface area (Å²) in [5.74, 6) is -0.893. The minimum atomic E-state index is -0.866. The van der Waals surface area contributed by atoms with Gasteiger partial charge >= 0.3 is 5.97 Å². The van der Waals surface area contributed by atoms with Crippen molar-refractivity contribution in [3.05, 3.63) is 34.9 Å². The predicted molar refractivity (Wildman–Crippen MR) is 77.1 cm³/mol. The lowest BCUT2D eigenvalue weighted by molar-refractivity contribution is -0.133. The average Bonchev–Trinajstić information content (AvgIpc) is 3.05. The fraction of sp³-hybridized carbons (Fsp3) is 0.167. The largest absolute Gasteiger partial charge is 0.481 e. The van der Waals surface area contributed by atoms with Gasteiger partial charge in [-0.1, -0.05) is 11.8 Å². The number of imidazole rings is 1. The average molecular weight is 306 g/mol. The molecule has 0 aromatic carbocycles. The molecule has 3 rings (SSSR count). The Bertz CT molecular complexity index is 739. The molecule has 3 aromatic heterocycles. The van der Waals surface area contributed by atoms with E-state index in [2.05, 4.69) is 15.0 Å². The molecule has 3 aromatic rings. The Labute approximate surface area is 122 Å². The summed E-state index contributed by atoms with van der Waals surface area (Å²) in [5, 5.41) is 11.4. The van der Waals surface area contributed by atoms with Crippen LogP contribution in [0.3, 0.4) is 0 Å². The van der Waals surface area contributed by atoms with Crippen LogP contribution < -0.4 is 0 Å². The Morgan fingerprint density at radius 1 is 1.45 bits per heavy atom. The maximum Gasteiger partial charge on any atom is 0.313 e. The maximum absolute atomic E-state index is 10.7. The van der Waals surface area contributed by atoms with Crippen LogP contribution in [-0.2, 0) is 11.3 Å². The highest BCUT2D eigenvalue weighted by Crippen LogP contribution is 2.23. The number of hydrogen-bond donors (Lipinski definition) is 1. The van der Waals surface area contributed by atoms with Gasteiger partial charge in [-0.25, -0.2) is 15.0 Å². The summed E-state index contributed by atoms with van der Waals surface area (Å²) >= 11 is 2.72. The van der Waals surface area contributed by atoms with Gasteiger partial charge in [0.15, 0.2) is 10.8 Å². The molecule has 0 spiro atoms. The van der Waals surface area contributed by atoms with Crippen LogP contribution in [0.15, 0.2) is 34.4 Å². The number of fused-ring (bicyclic) bond motifs is 1. The predicted octanol–water partition coefficient (Wildman–Crippen LogP) is 2.11. The quantitative estimate of drug-likeness (QED) is 0.727. The molecule has 8 heteroatoms. The summed E-state index contributed by atoms with van der Waals surface area (Å²) in [7, 11) is 0. The first-order chi connectivity index (χ1) is 9.74. The number of carboxylic acid groups (broad SMARTS) is 1. The number of carboxylic acids is 1. The first-order valence-corrected chi connectivity index (χ1v) is 7.70. The van der Waals surface area contributed by atoms with E-state index in [1.807, 2.05) is 22.1 Å². The highest BCUT2D eigenvalue weighted by Gasteiger charge is 2.14. The van der Waals surface area contributed by atoms with Crippen molar-refractivity contribution < 1.29 is 9.90 Å². The fourth-order valence-electron chi connectivity index (χ4n) is 1.79. The second kappa shape index (κ2) is 5.59. The lowest BCUT2D eigenvalue weighted by Gasteiger charge is -2.05. The van der Waals surface area contributed by atoms with Gasteiger partial charge in [-0.2, -0.15) is 0 Å². The standard InChI is InChI=1S/C12H10N4O2S2/c17-10(18)6-20-12-15-9-2-1-3-13-11(9)16(12)4-8-5-19-7-14-8/h1-3,5,7H,4,6H2,(H,17,18). The molecule has 6 nitrogen and oxygen atoms in total. The van der Waals surface area contributed by atoms with E-state index in [1.54, 1.807) is 11.7 Å². The number of rotatable bonds is 5. The molecule has 102 valence electrons. The number of nitrogens with zero attached hydrogens (tertiary/aromatic N) is 4. The highest BCUT2D eigenvalue weighted by atomic mass is 32.2. The molecule has 0 fully saturated rings. The summed E-state index contributed by atoms with van der Waals surface area (Å²) in [4.78, 5) is 23.7. The molecule has 0 saturated carbocycles. The van der Waals surface area contributed by atoms with Gasteiger partial charge in [-0.05, 0) is 12.1 Å². The summed E-state index contributed by atoms with van der Waals surface area (Å²) in [5.41, 5.74) is 4.19. The summed E-state index contributed by atoms with van der Waals surface area (Å²) in [6.07, 6.45) is 1.70. The van der Waals surface area contributed by atoms with E-state index in [4.69, 9.17) is 5.11 Å². The first-order valence-electron chi connectivity index (χ1n) is 5.77. The summed E-state index contributed by atoms with van der Waals surface area (Å²) in [6.45, 7) is 0.541. The van der Waals surface area contributed by atoms with Crippen LogP contribution in [0, 0.1) is 0 Å². The summed E-state index contributed by atoms with van der Waals surface area (Å²) < 4.78 is 1.90. The molecule has 3 heterocycles. The molecule has 0 radical (unpaired) electrons. The van der Waals surface area contributed by atoms with Gasteiger partial charge in [0.25, 0.3) is 0 Å². The van der Waals surface area contributed by atoms with Gasteiger partial charge in [0.05, 0.1) is 23.5 Å². The van der Waals surface area contributed by atoms with E-state index < -0.39 is 5.97 Å². The van der Waals surface area contributed by atoms with E-state index in [-0.39, 0.29) is 5.75 Å². The Kier molecular flexibility index (Phi) is 3.66. The van der Waals surface area contributed by atoms with Crippen LogP contribution in [0.1, 0.15) is 5.69 Å².